The molecule has 0 aliphatic rings. The van der Waals surface area contributed by atoms with Gasteiger partial charge in [-0.1, -0.05) is 13.0 Å². The highest BCUT2D eigenvalue weighted by atomic mass is 19.3. The summed E-state index contributed by atoms with van der Waals surface area (Å²) in [5.74, 6) is -3.35. The van der Waals surface area contributed by atoms with E-state index in [0.717, 1.165) is 23.1 Å². The summed E-state index contributed by atoms with van der Waals surface area (Å²) in [5, 5.41) is 14.7. The second-order valence-corrected chi connectivity index (χ2v) is 5.72. The molecule has 0 saturated carbocycles. The average Bonchev–Trinajstić information content (AvgIpc) is 3.04. The lowest BCUT2D eigenvalue weighted by Gasteiger charge is -2.35. The van der Waals surface area contributed by atoms with E-state index in [0.29, 0.717) is 6.07 Å². The summed E-state index contributed by atoms with van der Waals surface area (Å²) in [7, 11) is 0. The molecule has 0 aliphatic heterocycles. The molecule has 11 heteroatoms. The molecule has 1 aromatic carbocycles. The van der Waals surface area contributed by atoms with Gasteiger partial charge in [-0.15, -0.1) is 0 Å². The predicted octanol–water partition coefficient (Wildman–Crippen LogP) is 2.95. The van der Waals surface area contributed by atoms with E-state index in [2.05, 4.69) is 14.8 Å². The van der Waals surface area contributed by atoms with E-state index < -0.39 is 54.4 Å². The SMILES string of the molecule is CC(COC(F)(F)C(F)F)C(O)(Cn1cncn1)c1ccc(F)cc1F. The van der Waals surface area contributed by atoms with Crippen molar-refractivity contribution in [1.29, 1.82) is 0 Å². The first kappa shape index (κ1) is 20.2. The largest absolute Gasteiger partial charge is 0.416 e. The smallest absolute Gasteiger partial charge is 0.383 e. The van der Waals surface area contributed by atoms with Crippen LogP contribution in [0.15, 0.2) is 30.9 Å². The Morgan fingerprint density at radius 2 is 1.96 bits per heavy atom. The van der Waals surface area contributed by atoms with Crippen LogP contribution in [-0.2, 0) is 16.9 Å². The summed E-state index contributed by atoms with van der Waals surface area (Å²) in [5.41, 5.74) is -2.64. The fourth-order valence-electron chi connectivity index (χ4n) is 2.35. The maximum Gasteiger partial charge on any atom is 0.416 e. The molecule has 1 heterocycles. The number of nitrogens with zero attached hydrogens (tertiary/aromatic N) is 3. The van der Waals surface area contributed by atoms with Crippen molar-refractivity contribution >= 4 is 0 Å². The lowest BCUT2D eigenvalue weighted by atomic mass is 9.82. The second kappa shape index (κ2) is 7.62. The molecule has 0 radical (unpaired) electrons. The average molecular weight is 383 g/mol. The number of aromatic nitrogens is 3. The molecule has 2 atom stereocenters. The number of hydrogen-bond donors (Lipinski definition) is 1. The van der Waals surface area contributed by atoms with E-state index in [-0.39, 0.29) is 0 Å². The van der Waals surface area contributed by atoms with E-state index in [9.17, 15) is 31.4 Å². The molecule has 0 fully saturated rings. The Bertz CT molecular complexity index is 728. The minimum absolute atomic E-state index is 0.425. The summed E-state index contributed by atoms with van der Waals surface area (Å²) in [6, 6.07) is 2.30. The van der Waals surface area contributed by atoms with Crippen molar-refractivity contribution in [3.8, 4) is 0 Å². The van der Waals surface area contributed by atoms with Crippen molar-refractivity contribution in [2.45, 2.75) is 31.6 Å². The molecule has 0 saturated heterocycles. The first-order chi connectivity index (χ1) is 12.1. The van der Waals surface area contributed by atoms with Gasteiger partial charge in [-0.05, 0) is 6.07 Å². The van der Waals surface area contributed by atoms with Crippen LogP contribution < -0.4 is 0 Å². The van der Waals surface area contributed by atoms with Gasteiger partial charge in [0.05, 0.1) is 13.2 Å². The Morgan fingerprint density at radius 1 is 1.27 bits per heavy atom. The number of hydrogen-bond acceptors (Lipinski definition) is 4. The van der Waals surface area contributed by atoms with Gasteiger partial charge in [0.25, 0.3) is 0 Å². The standard InChI is InChI=1S/C15H15F6N3O2/c1-9(5-26-15(20,21)13(18)19)14(25,6-24-8-22-7-23-24)11-3-2-10(16)4-12(11)17/h2-4,7-9,13,25H,5-6H2,1H3. The number of rotatable bonds is 8. The van der Waals surface area contributed by atoms with Crippen LogP contribution in [0.2, 0.25) is 0 Å². The fraction of sp³-hybridized carbons (Fsp3) is 0.467. The van der Waals surface area contributed by atoms with Crippen LogP contribution >= 0.6 is 0 Å². The Hall–Kier alpha value is -2.14. The molecule has 5 nitrogen and oxygen atoms in total. The lowest BCUT2D eigenvalue weighted by molar-refractivity contribution is -0.308. The van der Waals surface area contributed by atoms with Gasteiger partial charge in [-0.2, -0.15) is 13.9 Å². The summed E-state index contributed by atoms with van der Waals surface area (Å²) in [6.07, 6.45) is -6.51. The van der Waals surface area contributed by atoms with Gasteiger partial charge >= 0.3 is 12.5 Å². The van der Waals surface area contributed by atoms with Gasteiger partial charge in [-0.3, -0.25) is 0 Å². The third-order valence-electron chi connectivity index (χ3n) is 3.86. The highest BCUT2D eigenvalue weighted by Gasteiger charge is 2.45. The molecule has 144 valence electrons. The first-order valence-corrected chi connectivity index (χ1v) is 7.36. The number of halogens is 6. The summed E-state index contributed by atoms with van der Waals surface area (Å²) in [4.78, 5) is 3.64. The van der Waals surface area contributed by atoms with Crippen LogP contribution in [0.1, 0.15) is 12.5 Å². The highest BCUT2D eigenvalue weighted by molar-refractivity contribution is 5.26. The van der Waals surface area contributed by atoms with E-state index >= 15 is 0 Å². The minimum atomic E-state index is -4.73. The second-order valence-electron chi connectivity index (χ2n) is 5.72. The van der Waals surface area contributed by atoms with Crippen LogP contribution in [-0.4, -0.2) is 39.0 Å². The van der Waals surface area contributed by atoms with Crippen LogP contribution in [0.25, 0.3) is 0 Å². The minimum Gasteiger partial charge on any atom is -0.383 e. The molecule has 1 aromatic heterocycles. The molecule has 26 heavy (non-hydrogen) atoms. The van der Waals surface area contributed by atoms with E-state index in [1.54, 1.807) is 0 Å². The molecule has 1 N–H and O–H groups in total. The fourth-order valence-corrected chi connectivity index (χ4v) is 2.35. The van der Waals surface area contributed by atoms with Gasteiger partial charge < -0.3 is 9.84 Å². The summed E-state index contributed by atoms with van der Waals surface area (Å²) < 4.78 is 82.8. The lowest BCUT2D eigenvalue weighted by Crippen LogP contribution is -2.43. The predicted molar refractivity (Wildman–Crippen MR) is 76.3 cm³/mol. The van der Waals surface area contributed by atoms with Crippen LogP contribution in [0.5, 0.6) is 0 Å². The Morgan fingerprint density at radius 3 is 2.50 bits per heavy atom. The van der Waals surface area contributed by atoms with E-state index in [1.165, 1.54) is 13.3 Å². The van der Waals surface area contributed by atoms with Gasteiger partial charge in [0, 0.05) is 17.5 Å². The van der Waals surface area contributed by atoms with Gasteiger partial charge in [0.1, 0.15) is 29.9 Å². The molecule has 0 amide bonds. The third kappa shape index (κ3) is 4.33. The van der Waals surface area contributed by atoms with Gasteiger partial charge in [0.2, 0.25) is 0 Å². The number of ether oxygens (including phenoxy) is 1. The van der Waals surface area contributed by atoms with Crippen molar-refractivity contribution in [3.63, 3.8) is 0 Å². The topological polar surface area (TPSA) is 60.2 Å². The molecule has 2 aromatic rings. The monoisotopic (exact) mass is 383 g/mol. The van der Waals surface area contributed by atoms with Gasteiger partial charge in [-0.25, -0.2) is 27.2 Å². The van der Waals surface area contributed by atoms with Crippen molar-refractivity contribution < 1.29 is 36.2 Å². The Labute approximate surface area is 144 Å². The van der Waals surface area contributed by atoms with Gasteiger partial charge in [0.15, 0.2) is 0 Å². The highest BCUT2D eigenvalue weighted by Crippen LogP contribution is 2.35. The van der Waals surface area contributed by atoms with Crippen molar-refractivity contribution in [1.82, 2.24) is 14.8 Å². The van der Waals surface area contributed by atoms with Crippen molar-refractivity contribution in [2.24, 2.45) is 5.92 Å². The maximum absolute atomic E-state index is 14.2. The molecular weight excluding hydrogens is 368 g/mol. The van der Waals surface area contributed by atoms with Crippen LogP contribution in [0, 0.1) is 17.6 Å². The Balaban J connectivity index is 2.33. The van der Waals surface area contributed by atoms with Crippen LogP contribution in [0.4, 0.5) is 26.3 Å². The molecule has 0 aliphatic carbocycles. The van der Waals surface area contributed by atoms with Crippen LogP contribution in [0.3, 0.4) is 0 Å². The maximum atomic E-state index is 14.2. The molecular formula is C15H15F6N3O2. The van der Waals surface area contributed by atoms with E-state index in [1.807, 2.05) is 0 Å². The molecule has 0 bridgehead atoms. The third-order valence-corrected chi connectivity index (χ3v) is 3.86. The number of alkyl halides is 4. The van der Waals surface area contributed by atoms with Crippen molar-refractivity contribution in [2.75, 3.05) is 6.61 Å². The molecule has 2 rings (SSSR count). The van der Waals surface area contributed by atoms with Crippen molar-refractivity contribution in [3.05, 3.63) is 48.1 Å². The number of aliphatic hydroxyl groups is 1. The Kier molecular flexibility index (Phi) is 5.91. The molecule has 2 unspecified atom stereocenters. The summed E-state index contributed by atoms with van der Waals surface area (Å²) in [6.45, 7) is -0.291. The van der Waals surface area contributed by atoms with E-state index in [4.69, 9.17) is 0 Å². The normalized spacial score (nSPS) is 15.9. The first-order valence-electron chi connectivity index (χ1n) is 7.36. The number of benzene rings is 1. The zero-order valence-corrected chi connectivity index (χ0v) is 13.4. The summed E-state index contributed by atoms with van der Waals surface area (Å²) >= 11 is 0. The zero-order valence-electron chi connectivity index (χ0n) is 13.4. The zero-order chi connectivity index (χ0) is 19.5. The quantitative estimate of drug-likeness (QED) is 0.712. The molecule has 0 spiro atoms.